The average molecular weight is 434 g/mol. The lowest BCUT2D eigenvalue weighted by Crippen LogP contribution is -2.07. The molecule has 0 aliphatic carbocycles. The van der Waals surface area contributed by atoms with Gasteiger partial charge in [0.15, 0.2) is 5.82 Å². The van der Waals surface area contributed by atoms with Crippen LogP contribution < -0.4 is 15.8 Å². The SMILES string of the molecule is Cc1nc(COc2cccc(/C=C/C(=O)Nc3cccc(-c4noc(=O)[nH]4)c3)c2)cs1. The molecule has 0 aliphatic heterocycles. The predicted molar refractivity (Wildman–Crippen MR) is 118 cm³/mol. The van der Waals surface area contributed by atoms with Gasteiger partial charge in [0.05, 0.1) is 10.7 Å². The van der Waals surface area contributed by atoms with E-state index in [0.29, 0.717) is 29.4 Å². The first-order valence-corrected chi connectivity index (χ1v) is 10.2. The number of aromatic amines is 1. The summed E-state index contributed by atoms with van der Waals surface area (Å²) in [6.45, 7) is 2.35. The summed E-state index contributed by atoms with van der Waals surface area (Å²) < 4.78 is 10.3. The molecule has 0 aliphatic rings. The van der Waals surface area contributed by atoms with Crippen LogP contribution in [0.4, 0.5) is 5.69 Å². The molecular weight excluding hydrogens is 416 g/mol. The molecule has 2 aromatic carbocycles. The fourth-order valence-electron chi connectivity index (χ4n) is 2.79. The molecule has 0 saturated heterocycles. The van der Waals surface area contributed by atoms with E-state index in [0.717, 1.165) is 16.3 Å². The number of anilines is 1. The van der Waals surface area contributed by atoms with Crippen LogP contribution in [0, 0.1) is 6.92 Å². The minimum Gasteiger partial charge on any atom is -0.487 e. The zero-order valence-corrected chi connectivity index (χ0v) is 17.3. The summed E-state index contributed by atoms with van der Waals surface area (Å²) >= 11 is 1.58. The molecule has 1 amide bonds. The van der Waals surface area contributed by atoms with Crippen LogP contribution in [0.25, 0.3) is 17.5 Å². The molecule has 0 radical (unpaired) electrons. The highest BCUT2D eigenvalue weighted by molar-refractivity contribution is 7.09. The zero-order valence-electron chi connectivity index (χ0n) is 16.5. The Labute approximate surface area is 181 Å². The Morgan fingerprint density at radius 2 is 2.13 bits per heavy atom. The van der Waals surface area contributed by atoms with Crippen molar-refractivity contribution < 1.29 is 14.1 Å². The molecule has 0 bridgehead atoms. The average Bonchev–Trinajstić information content (AvgIpc) is 3.39. The summed E-state index contributed by atoms with van der Waals surface area (Å²) in [5, 5.41) is 9.39. The van der Waals surface area contributed by atoms with Crippen molar-refractivity contribution in [3.8, 4) is 17.1 Å². The summed E-state index contributed by atoms with van der Waals surface area (Å²) in [5.41, 5.74) is 2.90. The second-order valence-corrected chi connectivity index (χ2v) is 7.63. The molecule has 4 aromatic rings. The molecule has 2 aromatic heterocycles. The number of aromatic nitrogens is 3. The van der Waals surface area contributed by atoms with E-state index in [1.54, 1.807) is 41.7 Å². The molecule has 31 heavy (non-hydrogen) atoms. The van der Waals surface area contributed by atoms with Crippen LogP contribution in [-0.4, -0.2) is 21.0 Å². The molecule has 156 valence electrons. The van der Waals surface area contributed by atoms with Gasteiger partial charge in [0.2, 0.25) is 5.91 Å². The number of carbonyl (C=O) groups is 1. The summed E-state index contributed by atoms with van der Waals surface area (Å²) in [6, 6.07) is 14.4. The standard InChI is InChI=1S/C22H18N4O4S/c1-14-23-18(13-31-14)12-29-19-7-2-4-15(10-19)8-9-20(27)24-17-6-3-5-16(11-17)21-25-22(28)30-26-21/h2-11,13H,12H2,1H3,(H,24,27)(H,25,26,28)/b9-8+. The van der Waals surface area contributed by atoms with Gasteiger partial charge in [0.1, 0.15) is 12.4 Å². The van der Waals surface area contributed by atoms with Crippen LogP contribution >= 0.6 is 11.3 Å². The molecule has 2 heterocycles. The van der Waals surface area contributed by atoms with Crippen molar-refractivity contribution in [1.29, 1.82) is 0 Å². The maximum atomic E-state index is 12.3. The van der Waals surface area contributed by atoms with E-state index in [1.807, 2.05) is 36.6 Å². The molecule has 8 nitrogen and oxygen atoms in total. The molecule has 2 N–H and O–H groups in total. The Hall–Kier alpha value is -3.98. The second kappa shape index (κ2) is 9.23. The largest absolute Gasteiger partial charge is 0.487 e. The van der Waals surface area contributed by atoms with Crippen LogP contribution in [0.2, 0.25) is 0 Å². The first-order chi connectivity index (χ1) is 15.0. The van der Waals surface area contributed by atoms with Crippen molar-refractivity contribution in [1.82, 2.24) is 15.1 Å². The van der Waals surface area contributed by atoms with E-state index in [4.69, 9.17) is 4.74 Å². The van der Waals surface area contributed by atoms with Crippen molar-refractivity contribution >= 4 is 29.0 Å². The van der Waals surface area contributed by atoms with Gasteiger partial charge in [0, 0.05) is 22.7 Å². The number of H-pyrrole nitrogens is 1. The van der Waals surface area contributed by atoms with Crippen LogP contribution in [0.3, 0.4) is 0 Å². The summed E-state index contributed by atoms with van der Waals surface area (Å²) in [7, 11) is 0. The molecule has 0 fully saturated rings. The van der Waals surface area contributed by atoms with E-state index < -0.39 is 5.76 Å². The number of amides is 1. The minimum atomic E-state index is -0.639. The number of nitrogens with zero attached hydrogens (tertiary/aromatic N) is 2. The van der Waals surface area contributed by atoms with Crippen molar-refractivity contribution in [3.05, 3.63) is 86.8 Å². The third kappa shape index (κ3) is 5.55. The smallest absolute Gasteiger partial charge is 0.439 e. The van der Waals surface area contributed by atoms with Crippen LogP contribution in [-0.2, 0) is 11.4 Å². The molecule has 0 spiro atoms. The second-order valence-electron chi connectivity index (χ2n) is 6.57. The molecule has 0 saturated carbocycles. The predicted octanol–water partition coefficient (Wildman–Crippen LogP) is 4.03. The number of hydrogen-bond acceptors (Lipinski definition) is 7. The van der Waals surface area contributed by atoms with Crippen molar-refractivity contribution in [2.24, 2.45) is 0 Å². The Morgan fingerprint density at radius 3 is 2.90 bits per heavy atom. The van der Waals surface area contributed by atoms with E-state index in [1.165, 1.54) is 6.08 Å². The van der Waals surface area contributed by atoms with Gasteiger partial charge in [-0.1, -0.05) is 29.4 Å². The lowest BCUT2D eigenvalue weighted by Gasteiger charge is -2.05. The lowest BCUT2D eigenvalue weighted by molar-refractivity contribution is -0.111. The van der Waals surface area contributed by atoms with Crippen LogP contribution in [0.5, 0.6) is 5.75 Å². The van der Waals surface area contributed by atoms with Gasteiger partial charge in [0.25, 0.3) is 0 Å². The number of carbonyl (C=O) groups excluding carboxylic acids is 1. The van der Waals surface area contributed by atoms with Crippen molar-refractivity contribution in [2.75, 3.05) is 5.32 Å². The molecule has 0 atom stereocenters. The number of rotatable bonds is 7. The van der Waals surface area contributed by atoms with Gasteiger partial charge in [-0.3, -0.25) is 14.3 Å². The number of ether oxygens (including phenoxy) is 1. The van der Waals surface area contributed by atoms with E-state index >= 15 is 0 Å². The molecule has 4 rings (SSSR count). The summed E-state index contributed by atoms with van der Waals surface area (Å²) in [6.07, 6.45) is 3.14. The third-order valence-corrected chi connectivity index (χ3v) is 5.00. The number of thiazole rings is 1. The lowest BCUT2D eigenvalue weighted by atomic mass is 10.2. The monoisotopic (exact) mass is 434 g/mol. The summed E-state index contributed by atoms with van der Waals surface area (Å²) in [4.78, 5) is 30.3. The summed E-state index contributed by atoms with van der Waals surface area (Å²) in [5.74, 6) is 0.0548. The molecule has 0 unspecified atom stereocenters. The van der Waals surface area contributed by atoms with Gasteiger partial charge in [-0.05, 0) is 42.8 Å². The Bertz CT molecular complexity index is 1290. The van der Waals surface area contributed by atoms with Crippen LogP contribution in [0.15, 0.2) is 69.3 Å². The van der Waals surface area contributed by atoms with Gasteiger partial charge in [-0.25, -0.2) is 9.78 Å². The van der Waals surface area contributed by atoms with E-state index in [9.17, 15) is 9.59 Å². The fourth-order valence-corrected chi connectivity index (χ4v) is 3.39. The van der Waals surface area contributed by atoms with Gasteiger partial charge in [-0.15, -0.1) is 11.3 Å². The zero-order chi connectivity index (χ0) is 21.6. The Morgan fingerprint density at radius 1 is 1.26 bits per heavy atom. The molecule has 9 heteroatoms. The fraction of sp³-hybridized carbons (Fsp3) is 0.0909. The Balaban J connectivity index is 1.37. The van der Waals surface area contributed by atoms with E-state index in [2.05, 4.69) is 25.0 Å². The van der Waals surface area contributed by atoms with Crippen molar-refractivity contribution in [2.45, 2.75) is 13.5 Å². The van der Waals surface area contributed by atoms with E-state index in [-0.39, 0.29) is 5.91 Å². The first kappa shape index (κ1) is 20.3. The highest BCUT2D eigenvalue weighted by Gasteiger charge is 2.06. The maximum Gasteiger partial charge on any atom is 0.439 e. The number of nitrogens with one attached hydrogen (secondary N) is 2. The van der Waals surface area contributed by atoms with Gasteiger partial charge in [-0.2, -0.15) is 0 Å². The Kier molecular flexibility index (Phi) is 6.04. The number of hydrogen-bond donors (Lipinski definition) is 2. The normalized spacial score (nSPS) is 11.0. The third-order valence-electron chi connectivity index (χ3n) is 4.18. The van der Waals surface area contributed by atoms with Crippen molar-refractivity contribution in [3.63, 3.8) is 0 Å². The maximum absolute atomic E-state index is 12.3. The highest BCUT2D eigenvalue weighted by Crippen LogP contribution is 2.19. The number of benzene rings is 2. The topological polar surface area (TPSA) is 110 Å². The minimum absolute atomic E-state index is 0.293. The van der Waals surface area contributed by atoms with Crippen LogP contribution in [0.1, 0.15) is 16.3 Å². The highest BCUT2D eigenvalue weighted by atomic mass is 32.1. The van der Waals surface area contributed by atoms with Gasteiger partial charge < -0.3 is 10.1 Å². The first-order valence-electron chi connectivity index (χ1n) is 9.34. The molecular formula is C22H18N4O4S. The van der Waals surface area contributed by atoms with Gasteiger partial charge >= 0.3 is 5.76 Å². The quantitative estimate of drug-likeness (QED) is 0.425. The number of aryl methyl sites for hydroxylation is 1.